The largest absolute Gasteiger partial charge is 0.394 e. The second-order valence-corrected chi connectivity index (χ2v) is 14.4. The quantitative estimate of drug-likeness (QED) is 0.343. The summed E-state index contributed by atoms with van der Waals surface area (Å²) in [6.07, 6.45) is 4.15. The minimum Gasteiger partial charge on any atom is -0.394 e. The Kier molecular flexibility index (Phi) is 9.15. The summed E-state index contributed by atoms with van der Waals surface area (Å²) in [5.41, 5.74) is 3.48. The molecule has 7 nitrogen and oxygen atoms in total. The number of carbonyl (C=O) groups excluding carboxylic acids is 3. The molecule has 2 aromatic rings. The lowest BCUT2D eigenvalue weighted by Crippen LogP contribution is -2.60. The number of aliphatic hydroxyl groups is 1. The summed E-state index contributed by atoms with van der Waals surface area (Å²) in [5.74, 6) is -1.88. The molecular weight excluding hydrogens is 570 g/mol. The Morgan fingerprint density at radius 3 is 2.20 bits per heavy atom. The second-order valence-electron chi connectivity index (χ2n) is 12.8. The van der Waals surface area contributed by atoms with Crippen LogP contribution in [-0.4, -0.2) is 69.5 Å². The van der Waals surface area contributed by atoms with E-state index in [0.717, 1.165) is 28.9 Å². The lowest BCUT2D eigenvalue weighted by Gasteiger charge is -2.43. The molecule has 1 N–H and O–H groups in total. The van der Waals surface area contributed by atoms with Crippen LogP contribution >= 0.6 is 11.8 Å². The number of carbonyl (C=O) groups is 3. The molecule has 0 saturated carbocycles. The Balaban J connectivity index is 1.66. The van der Waals surface area contributed by atoms with E-state index in [-0.39, 0.29) is 48.0 Å². The van der Waals surface area contributed by atoms with Crippen molar-refractivity contribution in [3.63, 3.8) is 0 Å². The third-order valence-electron chi connectivity index (χ3n) is 9.95. The first-order valence-corrected chi connectivity index (χ1v) is 16.5. The van der Waals surface area contributed by atoms with E-state index < -0.39 is 28.7 Å². The fourth-order valence-electron chi connectivity index (χ4n) is 8.04. The standard InChI is InChI=1S/C36H45N3O4S/c1-8-18-37(26-16-11-10-12-17-26)33(41)29-28-20-25(7)36(44-28)30(29)34(42)39(27(21-40)22(3)4)32(36)35(43)38(19-9-2)31-23(5)14-13-15-24(31)6/h8-17,22,25,27-30,32,40H,1-2,18-21H2,3-7H3/t25?,27-,28+,29-,30-,32?,36?/m0/s1. The van der Waals surface area contributed by atoms with Gasteiger partial charge in [-0.15, -0.1) is 24.9 Å². The van der Waals surface area contributed by atoms with Crippen LogP contribution in [0.1, 0.15) is 38.3 Å². The molecule has 7 atom stereocenters. The molecule has 0 aliphatic carbocycles. The van der Waals surface area contributed by atoms with Crippen molar-refractivity contribution in [2.24, 2.45) is 23.7 Å². The van der Waals surface area contributed by atoms with Gasteiger partial charge in [0, 0.05) is 29.7 Å². The van der Waals surface area contributed by atoms with Crippen molar-refractivity contribution in [3.8, 4) is 0 Å². The number of thioether (sulfide) groups is 1. The number of para-hydroxylation sites is 2. The monoisotopic (exact) mass is 615 g/mol. The summed E-state index contributed by atoms with van der Waals surface area (Å²) in [6.45, 7) is 18.2. The highest BCUT2D eigenvalue weighted by Gasteiger charge is 2.77. The summed E-state index contributed by atoms with van der Waals surface area (Å²) in [6, 6.07) is 14.0. The molecule has 5 rings (SSSR count). The minimum absolute atomic E-state index is 0.00841. The number of hydrogen-bond donors (Lipinski definition) is 1. The van der Waals surface area contributed by atoms with Gasteiger partial charge in [-0.25, -0.2) is 0 Å². The van der Waals surface area contributed by atoms with E-state index in [1.165, 1.54) is 0 Å². The Bertz CT molecular complexity index is 1420. The van der Waals surface area contributed by atoms with E-state index in [2.05, 4.69) is 20.1 Å². The summed E-state index contributed by atoms with van der Waals surface area (Å²) >= 11 is 1.66. The topological polar surface area (TPSA) is 81.2 Å². The van der Waals surface area contributed by atoms with Crippen molar-refractivity contribution in [3.05, 3.63) is 85.0 Å². The molecule has 3 heterocycles. The number of aryl methyl sites for hydroxylation is 2. The normalized spacial score (nSPS) is 27.8. The molecule has 3 aliphatic rings. The number of benzene rings is 2. The fourth-order valence-corrected chi connectivity index (χ4v) is 10.4. The van der Waals surface area contributed by atoms with E-state index in [1.807, 2.05) is 76.2 Å². The van der Waals surface area contributed by atoms with Gasteiger partial charge in [0.05, 0.1) is 29.2 Å². The van der Waals surface area contributed by atoms with Crippen LogP contribution < -0.4 is 9.80 Å². The predicted octanol–water partition coefficient (Wildman–Crippen LogP) is 5.40. The molecule has 3 unspecified atom stereocenters. The lowest BCUT2D eigenvalue weighted by molar-refractivity contribution is -0.142. The van der Waals surface area contributed by atoms with Crippen LogP contribution in [-0.2, 0) is 14.4 Å². The number of hydrogen-bond acceptors (Lipinski definition) is 5. The fraction of sp³-hybridized carbons (Fsp3) is 0.472. The zero-order chi connectivity index (χ0) is 31.9. The summed E-state index contributed by atoms with van der Waals surface area (Å²) in [4.78, 5) is 49.7. The summed E-state index contributed by atoms with van der Waals surface area (Å²) in [5, 5.41) is 10.6. The second kappa shape index (κ2) is 12.6. The van der Waals surface area contributed by atoms with Crippen LogP contribution in [0.2, 0.25) is 0 Å². The smallest absolute Gasteiger partial charge is 0.251 e. The molecule has 2 bridgehead atoms. The van der Waals surface area contributed by atoms with Crippen molar-refractivity contribution in [1.29, 1.82) is 0 Å². The number of amides is 3. The highest BCUT2D eigenvalue weighted by molar-refractivity contribution is 8.02. The third kappa shape index (κ3) is 4.91. The van der Waals surface area contributed by atoms with E-state index >= 15 is 4.79 Å². The van der Waals surface area contributed by atoms with Crippen LogP contribution in [0.15, 0.2) is 73.8 Å². The van der Waals surface area contributed by atoms with Crippen molar-refractivity contribution in [2.45, 2.75) is 63.1 Å². The Hall–Kier alpha value is -3.36. The van der Waals surface area contributed by atoms with Crippen molar-refractivity contribution in [2.75, 3.05) is 29.5 Å². The number of fused-ring (bicyclic) bond motifs is 1. The van der Waals surface area contributed by atoms with Gasteiger partial charge in [-0.2, -0.15) is 0 Å². The number of rotatable bonds is 11. The molecule has 8 heteroatoms. The average molecular weight is 616 g/mol. The van der Waals surface area contributed by atoms with E-state index in [1.54, 1.807) is 38.6 Å². The number of aliphatic hydroxyl groups excluding tert-OH is 1. The van der Waals surface area contributed by atoms with E-state index in [0.29, 0.717) is 6.54 Å². The molecule has 1 spiro atoms. The van der Waals surface area contributed by atoms with Crippen molar-refractivity contribution >= 4 is 40.9 Å². The van der Waals surface area contributed by atoms with Crippen molar-refractivity contribution < 1.29 is 19.5 Å². The van der Waals surface area contributed by atoms with Crippen LogP contribution in [0.25, 0.3) is 0 Å². The first-order chi connectivity index (χ1) is 21.0. The zero-order valence-electron chi connectivity index (χ0n) is 26.5. The maximum atomic E-state index is 15.1. The van der Waals surface area contributed by atoms with Crippen LogP contribution in [0, 0.1) is 37.5 Å². The summed E-state index contributed by atoms with van der Waals surface area (Å²) < 4.78 is -0.811. The van der Waals surface area contributed by atoms with Gasteiger partial charge in [-0.3, -0.25) is 14.4 Å². The van der Waals surface area contributed by atoms with Gasteiger partial charge >= 0.3 is 0 Å². The molecule has 3 saturated heterocycles. The molecule has 0 radical (unpaired) electrons. The van der Waals surface area contributed by atoms with Gasteiger partial charge in [0.2, 0.25) is 11.8 Å². The molecule has 3 aliphatic heterocycles. The van der Waals surface area contributed by atoms with Crippen LogP contribution in [0.5, 0.6) is 0 Å². The lowest BCUT2D eigenvalue weighted by atomic mass is 9.65. The molecule has 3 fully saturated rings. The van der Waals surface area contributed by atoms with Gasteiger partial charge in [0.1, 0.15) is 6.04 Å². The van der Waals surface area contributed by atoms with Crippen molar-refractivity contribution in [1.82, 2.24) is 4.90 Å². The first-order valence-electron chi connectivity index (χ1n) is 15.6. The number of anilines is 2. The highest BCUT2D eigenvalue weighted by atomic mass is 32.2. The highest BCUT2D eigenvalue weighted by Crippen LogP contribution is 2.69. The maximum absolute atomic E-state index is 15.1. The van der Waals surface area contributed by atoms with Crippen LogP contribution in [0.4, 0.5) is 11.4 Å². The van der Waals surface area contributed by atoms with Gasteiger partial charge in [0.15, 0.2) is 0 Å². The molecule has 234 valence electrons. The van der Waals surface area contributed by atoms with E-state index in [4.69, 9.17) is 0 Å². The SMILES string of the molecule is C=CCN(C(=O)[C@@H]1[C@H]2C(=O)N([C@@H](CO)C(C)C)C(C(=O)N(CC=C)c3c(C)cccc3C)C23S[C@@H]1CC3C)c1ccccc1. The van der Waals surface area contributed by atoms with Gasteiger partial charge < -0.3 is 19.8 Å². The predicted molar refractivity (Wildman–Crippen MR) is 179 cm³/mol. The number of nitrogens with zero attached hydrogens (tertiary/aromatic N) is 3. The molecule has 3 amide bonds. The first kappa shape index (κ1) is 32.0. The summed E-state index contributed by atoms with van der Waals surface area (Å²) in [7, 11) is 0. The zero-order valence-corrected chi connectivity index (χ0v) is 27.3. The average Bonchev–Trinajstić information content (AvgIpc) is 3.59. The molecule has 44 heavy (non-hydrogen) atoms. The molecular formula is C36H45N3O4S. The van der Waals surface area contributed by atoms with Crippen LogP contribution in [0.3, 0.4) is 0 Å². The van der Waals surface area contributed by atoms with Gasteiger partial charge in [0.25, 0.3) is 5.91 Å². The molecule has 0 aromatic heterocycles. The Labute approximate surface area is 266 Å². The maximum Gasteiger partial charge on any atom is 0.251 e. The Morgan fingerprint density at radius 1 is 1.02 bits per heavy atom. The van der Waals surface area contributed by atoms with E-state index in [9.17, 15) is 14.7 Å². The number of likely N-dealkylation sites (tertiary alicyclic amines) is 1. The third-order valence-corrected chi connectivity index (χ3v) is 12.0. The van der Waals surface area contributed by atoms with Gasteiger partial charge in [-0.05, 0) is 55.4 Å². The van der Waals surface area contributed by atoms with Gasteiger partial charge in [-0.1, -0.05) is 69.3 Å². The molecule has 2 aromatic carbocycles. The Morgan fingerprint density at radius 2 is 1.64 bits per heavy atom. The minimum atomic E-state index is -0.842.